The van der Waals surface area contributed by atoms with Crippen molar-refractivity contribution in [3.63, 3.8) is 0 Å². The fourth-order valence-electron chi connectivity index (χ4n) is 4.29. The lowest BCUT2D eigenvalue weighted by Gasteiger charge is -2.26. The van der Waals surface area contributed by atoms with Gasteiger partial charge in [0, 0.05) is 12.2 Å². The monoisotopic (exact) mass is 462 g/mol. The number of carbonyl (C=O) groups is 2. The quantitative estimate of drug-likeness (QED) is 0.606. The summed E-state index contributed by atoms with van der Waals surface area (Å²) >= 11 is 0. The van der Waals surface area contributed by atoms with E-state index in [1.54, 1.807) is 19.3 Å². The Labute approximate surface area is 189 Å². The molecule has 2 aromatic rings. The van der Waals surface area contributed by atoms with Crippen LogP contribution in [0.2, 0.25) is 0 Å². The number of rotatable bonds is 6. The van der Waals surface area contributed by atoms with Gasteiger partial charge in [-0.1, -0.05) is 19.3 Å². The fourth-order valence-corrected chi connectivity index (χ4v) is 4.29. The molecule has 1 aromatic carbocycles. The van der Waals surface area contributed by atoms with Crippen molar-refractivity contribution >= 4 is 23.3 Å². The van der Waals surface area contributed by atoms with Crippen LogP contribution in [-0.2, 0) is 11.3 Å². The third kappa shape index (κ3) is 5.20. The molecule has 1 saturated carbocycles. The van der Waals surface area contributed by atoms with Crippen LogP contribution >= 0.6 is 0 Å². The number of hydrogen-bond donors (Lipinski definition) is 1. The Balaban J connectivity index is 1.50. The van der Waals surface area contributed by atoms with E-state index in [-0.39, 0.29) is 12.2 Å². The Morgan fingerprint density at radius 1 is 1.09 bits per heavy atom. The minimum absolute atomic E-state index is 0.184. The Morgan fingerprint density at radius 3 is 2.45 bits per heavy atom. The second-order valence-electron chi connectivity index (χ2n) is 8.31. The molecular formula is C23H25F3N4O3. The highest BCUT2D eigenvalue weighted by Gasteiger charge is 2.43. The van der Waals surface area contributed by atoms with Crippen LogP contribution in [-0.4, -0.2) is 40.3 Å². The van der Waals surface area contributed by atoms with E-state index >= 15 is 0 Å². The maximum Gasteiger partial charge on any atom is 0.573 e. The number of nitrogens with zero attached hydrogens (tertiary/aromatic N) is 3. The van der Waals surface area contributed by atoms with E-state index in [9.17, 15) is 22.8 Å². The van der Waals surface area contributed by atoms with Gasteiger partial charge in [-0.05, 0) is 55.7 Å². The van der Waals surface area contributed by atoms with Gasteiger partial charge in [0.15, 0.2) is 0 Å². The first-order valence-electron chi connectivity index (χ1n) is 10.9. The molecule has 1 aliphatic heterocycles. The van der Waals surface area contributed by atoms with E-state index in [4.69, 9.17) is 0 Å². The molecule has 10 heteroatoms. The maximum atomic E-state index is 13.1. The lowest BCUT2D eigenvalue weighted by molar-refractivity contribution is -0.274. The van der Waals surface area contributed by atoms with Gasteiger partial charge in [-0.2, -0.15) is 0 Å². The predicted molar refractivity (Wildman–Crippen MR) is 116 cm³/mol. The summed E-state index contributed by atoms with van der Waals surface area (Å²) < 4.78 is 41.1. The zero-order chi connectivity index (χ0) is 23.6. The van der Waals surface area contributed by atoms with E-state index in [1.165, 1.54) is 36.3 Å². The number of benzene rings is 1. The Morgan fingerprint density at radius 2 is 1.79 bits per heavy atom. The molecule has 1 aliphatic carbocycles. The van der Waals surface area contributed by atoms with Gasteiger partial charge in [0.05, 0.1) is 24.1 Å². The molecular weight excluding hydrogens is 437 g/mol. The van der Waals surface area contributed by atoms with Crippen LogP contribution in [0.4, 0.5) is 29.3 Å². The van der Waals surface area contributed by atoms with Crippen LogP contribution in [0, 0.1) is 0 Å². The van der Waals surface area contributed by atoms with Gasteiger partial charge in [-0.3, -0.25) is 9.78 Å². The molecule has 4 rings (SSSR count). The van der Waals surface area contributed by atoms with Gasteiger partial charge in [0.2, 0.25) is 0 Å². The molecule has 1 N–H and O–H groups in total. The van der Waals surface area contributed by atoms with Crippen LogP contribution in [0.15, 0.2) is 42.7 Å². The van der Waals surface area contributed by atoms with Gasteiger partial charge in [-0.15, -0.1) is 13.2 Å². The minimum atomic E-state index is -4.82. The van der Waals surface area contributed by atoms with E-state index in [0.717, 1.165) is 41.1 Å². The molecule has 176 valence electrons. The van der Waals surface area contributed by atoms with Crippen molar-refractivity contribution in [1.82, 2.24) is 9.88 Å². The number of imide groups is 1. The second-order valence-corrected chi connectivity index (χ2v) is 8.31. The lowest BCUT2D eigenvalue weighted by atomic mass is 9.95. The Hall–Kier alpha value is -3.30. The molecule has 0 radical (unpaired) electrons. The first-order valence-corrected chi connectivity index (χ1v) is 10.9. The number of hydrogen-bond acceptors (Lipinski definition) is 5. The largest absolute Gasteiger partial charge is 0.573 e. The third-order valence-corrected chi connectivity index (χ3v) is 6.03. The zero-order valence-corrected chi connectivity index (χ0v) is 18.1. The molecule has 2 fully saturated rings. The summed E-state index contributed by atoms with van der Waals surface area (Å²) in [5, 5.41) is 3.53. The molecule has 33 heavy (non-hydrogen) atoms. The highest BCUT2D eigenvalue weighted by atomic mass is 19.4. The number of ether oxygens (including phenoxy) is 1. The summed E-state index contributed by atoms with van der Waals surface area (Å²) in [7, 11) is 0. The highest BCUT2D eigenvalue weighted by Crippen LogP contribution is 2.31. The number of nitrogens with one attached hydrogen (secondary N) is 1. The number of anilines is 2. The first kappa shape index (κ1) is 22.9. The van der Waals surface area contributed by atoms with Gasteiger partial charge >= 0.3 is 12.4 Å². The normalized spacial score (nSPS) is 19.8. The topological polar surface area (TPSA) is 74.8 Å². The summed E-state index contributed by atoms with van der Waals surface area (Å²) in [6.07, 6.45) is 4.29. The van der Waals surface area contributed by atoms with Crippen molar-refractivity contribution in [3.8, 4) is 5.75 Å². The number of urea groups is 1. The van der Waals surface area contributed by atoms with Gasteiger partial charge in [-0.25, -0.2) is 9.69 Å². The van der Waals surface area contributed by atoms with Crippen molar-refractivity contribution in [2.75, 3.05) is 10.2 Å². The molecule has 2 aliphatic rings. The molecule has 2 heterocycles. The Kier molecular flexibility index (Phi) is 6.44. The van der Waals surface area contributed by atoms with E-state index in [2.05, 4.69) is 15.0 Å². The maximum absolute atomic E-state index is 13.1. The van der Waals surface area contributed by atoms with Gasteiger partial charge in [0.1, 0.15) is 11.8 Å². The van der Waals surface area contributed by atoms with Crippen LogP contribution in [0.1, 0.15) is 44.6 Å². The Bertz CT molecular complexity index is 1010. The average Bonchev–Trinajstić information content (AvgIpc) is 2.98. The van der Waals surface area contributed by atoms with E-state index in [0.29, 0.717) is 6.04 Å². The number of amides is 3. The molecule has 7 nitrogen and oxygen atoms in total. The molecule has 0 bridgehead atoms. The molecule has 1 aromatic heterocycles. The van der Waals surface area contributed by atoms with Crippen LogP contribution in [0.25, 0.3) is 0 Å². The SMILES string of the molecule is CC1C(=O)N(c2ccc(OC(F)(F)F)cc2)C(=O)N1Cc1ccncc1NC1CCCCC1. The van der Waals surface area contributed by atoms with Crippen molar-refractivity contribution in [2.24, 2.45) is 0 Å². The second kappa shape index (κ2) is 9.29. The number of pyridine rings is 1. The highest BCUT2D eigenvalue weighted by molar-refractivity contribution is 6.21. The zero-order valence-electron chi connectivity index (χ0n) is 18.1. The van der Waals surface area contributed by atoms with Crippen LogP contribution in [0.5, 0.6) is 5.75 Å². The van der Waals surface area contributed by atoms with Gasteiger partial charge < -0.3 is 15.0 Å². The summed E-state index contributed by atoms with van der Waals surface area (Å²) in [6.45, 7) is 1.84. The summed E-state index contributed by atoms with van der Waals surface area (Å²) in [4.78, 5) is 32.6. The van der Waals surface area contributed by atoms with Crippen molar-refractivity contribution < 1.29 is 27.5 Å². The molecule has 1 saturated heterocycles. The summed E-state index contributed by atoms with van der Waals surface area (Å²) in [6, 6.07) is 5.59. The third-order valence-electron chi connectivity index (χ3n) is 6.03. The van der Waals surface area contributed by atoms with E-state index in [1.807, 2.05) is 6.07 Å². The fraction of sp³-hybridized carbons (Fsp3) is 0.435. The standard InChI is InChI=1S/C23H25F3N4O3/c1-15-21(31)30(18-7-9-19(10-8-18)33-23(24,25)26)22(32)29(15)14-16-11-12-27-13-20(16)28-17-5-3-2-4-6-17/h7-13,15,17,28H,2-6,14H2,1H3. The van der Waals surface area contributed by atoms with Crippen molar-refractivity contribution in [3.05, 3.63) is 48.3 Å². The molecule has 0 spiro atoms. The van der Waals surface area contributed by atoms with Crippen LogP contribution < -0.4 is 15.0 Å². The lowest BCUT2D eigenvalue weighted by Crippen LogP contribution is -2.34. The molecule has 1 unspecified atom stereocenters. The molecule has 3 amide bonds. The number of alkyl halides is 3. The smallest absolute Gasteiger partial charge is 0.406 e. The average molecular weight is 462 g/mol. The van der Waals surface area contributed by atoms with Crippen LogP contribution in [0.3, 0.4) is 0 Å². The predicted octanol–water partition coefficient (Wildman–Crippen LogP) is 5.08. The number of aromatic nitrogens is 1. The van der Waals surface area contributed by atoms with Gasteiger partial charge in [0.25, 0.3) is 5.91 Å². The summed E-state index contributed by atoms with van der Waals surface area (Å²) in [5.41, 5.74) is 1.87. The first-order chi connectivity index (χ1) is 15.7. The number of carbonyl (C=O) groups excluding carboxylic acids is 2. The summed E-state index contributed by atoms with van der Waals surface area (Å²) in [5.74, 6) is -0.870. The number of halogens is 3. The van der Waals surface area contributed by atoms with E-state index < -0.39 is 30.1 Å². The minimum Gasteiger partial charge on any atom is -0.406 e. The van der Waals surface area contributed by atoms with Crippen molar-refractivity contribution in [2.45, 2.75) is 64.0 Å². The molecule has 1 atom stereocenters. The van der Waals surface area contributed by atoms with Crippen molar-refractivity contribution in [1.29, 1.82) is 0 Å².